The molecular weight excluding hydrogens is 179 g/mol. The molecule has 1 aliphatic heterocycles. The Balaban J connectivity index is 2.00. The maximum Gasteiger partial charge on any atom is 0.129 e. The van der Waals surface area contributed by atoms with Crippen LogP contribution in [-0.2, 0) is 10.3 Å². The van der Waals surface area contributed by atoms with E-state index in [2.05, 4.69) is 0 Å². The molecular formula is C12H13FO. The van der Waals surface area contributed by atoms with Gasteiger partial charge in [-0.1, -0.05) is 31.0 Å². The Morgan fingerprint density at radius 3 is 2.93 bits per heavy atom. The van der Waals surface area contributed by atoms with E-state index in [4.69, 9.17) is 4.74 Å². The molecule has 0 bridgehead atoms. The van der Waals surface area contributed by atoms with Crippen LogP contribution in [0.1, 0.15) is 31.2 Å². The van der Waals surface area contributed by atoms with E-state index in [0.717, 1.165) is 24.8 Å². The number of benzene rings is 1. The average molecular weight is 192 g/mol. The smallest absolute Gasteiger partial charge is 0.129 e. The Bertz CT molecular complexity index is 363. The van der Waals surface area contributed by atoms with Gasteiger partial charge in [-0.2, -0.15) is 0 Å². The molecule has 2 fully saturated rings. The number of halogens is 1. The molecule has 1 aliphatic carbocycles. The third-order valence-corrected chi connectivity index (χ3v) is 3.41. The lowest BCUT2D eigenvalue weighted by Gasteiger charge is -2.17. The number of hydrogen-bond acceptors (Lipinski definition) is 1. The molecule has 1 nitrogen and oxygen atoms in total. The van der Waals surface area contributed by atoms with Crippen LogP contribution in [0.3, 0.4) is 0 Å². The summed E-state index contributed by atoms with van der Waals surface area (Å²) in [5.74, 6) is -0.114. The minimum atomic E-state index is -0.246. The maximum absolute atomic E-state index is 13.6. The molecule has 0 aromatic heterocycles. The van der Waals surface area contributed by atoms with Crippen molar-refractivity contribution in [3.63, 3.8) is 0 Å². The molecule has 0 radical (unpaired) electrons. The van der Waals surface area contributed by atoms with Gasteiger partial charge in [0.05, 0.1) is 6.10 Å². The van der Waals surface area contributed by atoms with E-state index in [-0.39, 0.29) is 17.5 Å². The Kier molecular flexibility index (Phi) is 1.68. The second-order valence-electron chi connectivity index (χ2n) is 4.22. The molecule has 74 valence electrons. The van der Waals surface area contributed by atoms with Crippen molar-refractivity contribution in [3.8, 4) is 0 Å². The van der Waals surface area contributed by atoms with E-state index in [1.54, 1.807) is 6.07 Å². The van der Waals surface area contributed by atoms with E-state index < -0.39 is 0 Å². The third kappa shape index (κ3) is 1.04. The van der Waals surface area contributed by atoms with E-state index in [1.165, 1.54) is 12.5 Å². The fourth-order valence-electron chi connectivity index (χ4n) is 2.63. The number of fused-ring (bicyclic) bond motifs is 1. The van der Waals surface area contributed by atoms with Crippen LogP contribution in [0.25, 0.3) is 0 Å². The molecule has 1 saturated carbocycles. The van der Waals surface area contributed by atoms with Crippen molar-refractivity contribution in [3.05, 3.63) is 35.6 Å². The largest absolute Gasteiger partial charge is 0.361 e. The van der Waals surface area contributed by atoms with Crippen LogP contribution in [0.5, 0.6) is 0 Å². The Morgan fingerprint density at radius 1 is 1.29 bits per heavy atom. The third-order valence-electron chi connectivity index (χ3n) is 3.41. The van der Waals surface area contributed by atoms with Gasteiger partial charge in [-0.3, -0.25) is 0 Å². The van der Waals surface area contributed by atoms with Crippen LogP contribution >= 0.6 is 0 Å². The molecule has 1 aromatic carbocycles. The minimum Gasteiger partial charge on any atom is -0.361 e. The van der Waals surface area contributed by atoms with Gasteiger partial charge in [0.1, 0.15) is 11.4 Å². The van der Waals surface area contributed by atoms with Crippen LogP contribution in [0, 0.1) is 5.82 Å². The number of hydrogen-bond donors (Lipinski definition) is 0. The quantitative estimate of drug-likeness (QED) is 0.623. The Labute approximate surface area is 82.9 Å². The Hall–Kier alpha value is -0.890. The summed E-state index contributed by atoms with van der Waals surface area (Å²) in [4.78, 5) is 0. The molecule has 2 unspecified atom stereocenters. The van der Waals surface area contributed by atoms with Crippen LogP contribution in [0.2, 0.25) is 0 Å². The SMILES string of the molecule is Fc1ccccc1C12CCCCC1O2. The lowest BCUT2D eigenvalue weighted by molar-refractivity contribution is 0.283. The molecule has 0 amide bonds. The first-order valence-corrected chi connectivity index (χ1v) is 5.26. The summed E-state index contributed by atoms with van der Waals surface area (Å²) < 4.78 is 19.3. The zero-order valence-corrected chi connectivity index (χ0v) is 8.00. The van der Waals surface area contributed by atoms with E-state index in [0.29, 0.717) is 0 Å². The minimum absolute atomic E-state index is 0.114. The lowest BCUT2D eigenvalue weighted by atomic mass is 9.83. The molecule has 2 atom stereocenters. The van der Waals surface area contributed by atoms with Gasteiger partial charge in [-0.25, -0.2) is 4.39 Å². The standard InChI is InChI=1S/C12H13FO/c13-10-6-2-1-5-9(10)12-8-4-3-7-11(12)14-12/h1-2,5-6,11H,3-4,7-8H2. The molecule has 2 heteroatoms. The van der Waals surface area contributed by atoms with Gasteiger partial charge in [0.25, 0.3) is 0 Å². The summed E-state index contributed by atoms with van der Waals surface area (Å²) in [6, 6.07) is 7.01. The fraction of sp³-hybridized carbons (Fsp3) is 0.500. The van der Waals surface area contributed by atoms with Crippen molar-refractivity contribution in [1.29, 1.82) is 0 Å². The second-order valence-corrected chi connectivity index (χ2v) is 4.22. The van der Waals surface area contributed by atoms with Gasteiger partial charge in [-0.05, 0) is 18.9 Å². The highest BCUT2D eigenvalue weighted by molar-refractivity contribution is 5.31. The highest BCUT2D eigenvalue weighted by Gasteiger charge is 2.59. The summed E-state index contributed by atoms with van der Waals surface area (Å²) in [5.41, 5.74) is 0.522. The number of rotatable bonds is 1. The normalized spacial score (nSPS) is 35.1. The molecule has 1 aromatic rings. The van der Waals surface area contributed by atoms with Crippen molar-refractivity contribution in [2.24, 2.45) is 0 Å². The first kappa shape index (κ1) is 8.42. The van der Waals surface area contributed by atoms with Crippen LogP contribution < -0.4 is 0 Å². The monoisotopic (exact) mass is 192 g/mol. The van der Waals surface area contributed by atoms with Crippen LogP contribution in [-0.4, -0.2) is 6.10 Å². The van der Waals surface area contributed by atoms with E-state index in [1.807, 2.05) is 12.1 Å². The zero-order chi connectivity index (χ0) is 9.60. The first-order valence-electron chi connectivity index (χ1n) is 5.26. The zero-order valence-electron chi connectivity index (χ0n) is 8.00. The summed E-state index contributed by atoms with van der Waals surface area (Å²) >= 11 is 0. The van der Waals surface area contributed by atoms with Gasteiger partial charge >= 0.3 is 0 Å². The fourth-order valence-corrected chi connectivity index (χ4v) is 2.63. The van der Waals surface area contributed by atoms with Crippen molar-refractivity contribution >= 4 is 0 Å². The van der Waals surface area contributed by atoms with Crippen molar-refractivity contribution in [2.45, 2.75) is 37.4 Å². The van der Waals surface area contributed by atoms with Crippen molar-refractivity contribution in [1.82, 2.24) is 0 Å². The van der Waals surface area contributed by atoms with Gasteiger partial charge in [0, 0.05) is 5.56 Å². The number of ether oxygens (including phenoxy) is 1. The summed E-state index contributed by atoms with van der Waals surface area (Å²) in [7, 11) is 0. The van der Waals surface area contributed by atoms with Gasteiger partial charge in [-0.15, -0.1) is 0 Å². The topological polar surface area (TPSA) is 12.5 Å². The van der Waals surface area contributed by atoms with Crippen molar-refractivity contribution in [2.75, 3.05) is 0 Å². The highest BCUT2D eigenvalue weighted by Crippen LogP contribution is 2.55. The van der Waals surface area contributed by atoms with E-state index >= 15 is 0 Å². The molecule has 3 rings (SSSR count). The van der Waals surface area contributed by atoms with Gasteiger partial charge in [0.15, 0.2) is 0 Å². The summed E-state index contributed by atoms with van der Waals surface area (Å²) in [6.07, 6.45) is 4.74. The molecule has 14 heavy (non-hydrogen) atoms. The molecule has 0 spiro atoms. The van der Waals surface area contributed by atoms with Crippen molar-refractivity contribution < 1.29 is 9.13 Å². The van der Waals surface area contributed by atoms with Crippen LogP contribution in [0.15, 0.2) is 24.3 Å². The maximum atomic E-state index is 13.6. The first-order chi connectivity index (χ1) is 6.83. The lowest BCUT2D eigenvalue weighted by Crippen LogP contribution is -2.18. The Morgan fingerprint density at radius 2 is 2.14 bits per heavy atom. The average Bonchev–Trinajstić information content (AvgIpc) is 2.93. The highest BCUT2D eigenvalue weighted by atomic mass is 19.1. The summed E-state index contributed by atoms with van der Waals surface area (Å²) in [6.45, 7) is 0. The molecule has 1 heterocycles. The second kappa shape index (κ2) is 2.80. The number of epoxide rings is 1. The van der Waals surface area contributed by atoms with Gasteiger partial charge < -0.3 is 4.74 Å². The molecule has 2 aliphatic rings. The predicted molar refractivity (Wildman–Crippen MR) is 51.4 cm³/mol. The molecule has 1 saturated heterocycles. The van der Waals surface area contributed by atoms with E-state index in [9.17, 15) is 4.39 Å². The predicted octanol–water partition coefficient (Wildman–Crippen LogP) is 2.99. The van der Waals surface area contributed by atoms with Crippen LogP contribution in [0.4, 0.5) is 4.39 Å². The summed E-state index contributed by atoms with van der Waals surface area (Å²) in [5, 5.41) is 0. The van der Waals surface area contributed by atoms with Gasteiger partial charge in [0.2, 0.25) is 0 Å². The molecule has 0 N–H and O–H groups in total.